The first-order valence-electron chi connectivity index (χ1n) is 8.04. The molecule has 24 heavy (non-hydrogen) atoms. The number of ether oxygens (including phenoxy) is 1. The van der Waals surface area contributed by atoms with Gasteiger partial charge in [0.05, 0.1) is 24.0 Å². The number of hydrogen-bond acceptors (Lipinski definition) is 4. The maximum atomic E-state index is 12.3. The quantitative estimate of drug-likeness (QED) is 0.762. The minimum absolute atomic E-state index is 0.0401. The van der Waals surface area contributed by atoms with Crippen molar-refractivity contribution < 1.29 is 19.4 Å². The van der Waals surface area contributed by atoms with Crippen LogP contribution in [0.2, 0.25) is 0 Å². The maximum absolute atomic E-state index is 12.3. The summed E-state index contributed by atoms with van der Waals surface area (Å²) in [5.41, 5.74) is 0. The molecule has 1 fully saturated rings. The van der Waals surface area contributed by atoms with Crippen LogP contribution in [0.25, 0.3) is 0 Å². The van der Waals surface area contributed by atoms with Crippen molar-refractivity contribution in [2.75, 3.05) is 33.3 Å². The first-order chi connectivity index (χ1) is 11.5. The van der Waals surface area contributed by atoms with Gasteiger partial charge in [-0.1, -0.05) is 12.1 Å². The molecule has 132 valence electrons. The van der Waals surface area contributed by atoms with Crippen LogP contribution in [0.4, 0.5) is 0 Å². The van der Waals surface area contributed by atoms with Crippen molar-refractivity contribution in [2.24, 2.45) is 0 Å². The van der Waals surface area contributed by atoms with E-state index in [0.29, 0.717) is 26.1 Å². The summed E-state index contributed by atoms with van der Waals surface area (Å²) in [4.78, 5) is 26.7. The van der Waals surface area contributed by atoms with E-state index in [1.165, 1.54) is 0 Å². The number of rotatable bonds is 7. The number of carboxylic acid groups (broad SMARTS) is 1. The second-order valence-corrected chi connectivity index (χ2v) is 6.80. The minimum Gasteiger partial charge on any atom is -0.492 e. The van der Waals surface area contributed by atoms with E-state index in [1.54, 1.807) is 0 Å². The first kappa shape index (κ1) is 18.7. The van der Waals surface area contributed by atoms with Crippen LogP contribution >= 0.6 is 15.9 Å². The molecule has 0 aromatic heterocycles. The molecule has 0 atom stereocenters. The summed E-state index contributed by atoms with van der Waals surface area (Å²) < 4.78 is 6.51. The van der Waals surface area contributed by atoms with E-state index >= 15 is 0 Å². The number of amides is 1. The normalized spacial score (nSPS) is 15.5. The van der Waals surface area contributed by atoms with Crippen LogP contribution in [0.5, 0.6) is 5.75 Å². The Kier molecular flexibility index (Phi) is 7.05. The number of carboxylic acids is 1. The van der Waals surface area contributed by atoms with Gasteiger partial charge in [0.2, 0.25) is 5.91 Å². The highest BCUT2D eigenvalue weighted by atomic mass is 79.9. The fourth-order valence-electron chi connectivity index (χ4n) is 2.87. The molecule has 1 aliphatic heterocycles. The Hall–Kier alpha value is -1.60. The predicted molar refractivity (Wildman–Crippen MR) is 94.1 cm³/mol. The number of para-hydroxylation sites is 1. The second-order valence-electron chi connectivity index (χ2n) is 5.95. The van der Waals surface area contributed by atoms with Crippen molar-refractivity contribution in [3.8, 4) is 5.75 Å². The summed E-state index contributed by atoms with van der Waals surface area (Å²) in [6.07, 6.45) is 1.96. The molecule has 0 bridgehead atoms. The number of carbonyl (C=O) groups excluding carboxylic acids is 1. The van der Waals surface area contributed by atoms with Crippen molar-refractivity contribution in [3.05, 3.63) is 28.7 Å². The summed E-state index contributed by atoms with van der Waals surface area (Å²) in [5.74, 6) is 0.000854. The molecule has 7 heteroatoms. The van der Waals surface area contributed by atoms with E-state index in [-0.39, 0.29) is 18.5 Å². The molecular weight excluding hydrogens is 376 g/mol. The number of benzene rings is 1. The summed E-state index contributed by atoms with van der Waals surface area (Å²) >= 11 is 3.41. The van der Waals surface area contributed by atoms with Crippen molar-refractivity contribution in [1.82, 2.24) is 9.80 Å². The molecule has 0 radical (unpaired) electrons. The Morgan fingerprint density at radius 3 is 2.62 bits per heavy atom. The SMILES string of the molecule is CN(CC(=O)O)C1CCN(C(=O)CCOc2ccccc2Br)CC1. The lowest BCUT2D eigenvalue weighted by Crippen LogP contribution is -2.46. The fourth-order valence-corrected chi connectivity index (χ4v) is 3.27. The zero-order chi connectivity index (χ0) is 17.5. The summed E-state index contributed by atoms with van der Waals surface area (Å²) in [6, 6.07) is 7.78. The lowest BCUT2D eigenvalue weighted by Gasteiger charge is -2.36. The minimum atomic E-state index is -0.819. The smallest absolute Gasteiger partial charge is 0.317 e. The van der Waals surface area contributed by atoms with Gasteiger partial charge in [-0.25, -0.2) is 0 Å². The van der Waals surface area contributed by atoms with Crippen LogP contribution in [-0.2, 0) is 9.59 Å². The van der Waals surface area contributed by atoms with Crippen molar-refractivity contribution in [3.63, 3.8) is 0 Å². The van der Waals surface area contributed by atoms with E-state index in [0.717, 1.165) is 23.1 Å². The Balaban J connectivity index is 1.71. The third-order valence-corrected chi connectivity index (χ3v) is 4.89. The Bertz CT molecular complexity index is 573. The molecule has 0 spiro atoms. The molecule has 2 rings (SSSR count). The summed E-state index contributed by atoms with van der Waals surface area (Å²) in [7, 11) is 1.82. The van der Waals surface area contributed by atoms with Crippen LogP contribution in [0.3, 0.4) is 0 Å². The van der Waals surface area contributed by atoms with Crippen LogP contribution in [0.1, 0.15) is 19.3 Å². The number of likely N-dealkylation sites (tertiary alicyclic amines) is 1. The molecule has 1 heterocycles. The standard InChI is InChI=1S/C17H23BrN2O4/c1-19(12-17(22)23)13-6-9-20(10-7-13)16(21)8-11-24-15-5-3-2-4-14(15)18/h2-5,13H,6-12H2,1H3,(H,22,23). The average Bonchev–Trinajstić information content (AvgIpc) is 2.56. The van der Waals surface area contributed by atoms with Gasteiger partial charge in [0, 0.05) is 19.1 Å². The van der Waals surface area contributed by atoms with Gasteiger partial charge in [-0.15, -0.1) is 0 Å². The van der Waals surface area contributed by atoms with Crippen molar-refractivity contribution in [2.45, 2.75) is 25.3 Å². The number of hydrogen-bond donors (Lipinski definition) is 1. The third kappa shape index (κ3) is 5.49. The van der Waals surface area contributed by atoms with Gasteiger partial charge in [0.25, 0.3) is 0 Å². The van der Waals surface area contributed by atoms with E-state index in [4.69, 9.17) is 9.84 Å². The molecule has 1 saturated heterocycles. The number of carbonyl (C=O) groups is 2. The zero-order valence-corrected chi connectivity index (χ0v) is 15.4. The Labute approximate surface area is 150 Å². The molecule has 1 aliphatic rings. The molecule has 1 amide bonds. The second kappa shape index (κ2) is 9.03. The van der Waals surface area contributed by atoms with Gasteiger partial charge in [-0.05, 0) is 48.0 Å². The highest BCUT2D eigenvalue weighted by molar-refractivity contribution is 9.10. The monoisotopic (exact) mass is 398 g/mol. The van der Waals surface area contributed by atoms with Gasteiger partial charge in [0.15, 0.2) is 0 Å². The molecule has 1 aromatic rings. The number of halogens is 1. The van der Waals surface area contributed by atoms with Crippen molar-refractivity contribution >= 4 is 27.8 Å². The van der Waals surface area contributed by atoms with Crippen LogP contribution in [0.15, 0.2) is 28.7 Å². The van der Waals surface area contributed by atoms with Gasteiger partial charge < -0.3 is 14.7 Å². The van der Waals surface area contributed by atoms with E-state index in [2.05, 4.69) is 15.9 Å². The molecule has 0 saturated carbocycles. The van der Waals surface area contributed by atoms with Gasteiger partial charge in [-0.2, -0.15) is 0 Å². The van der Waals surface area contributed by atoms with E-state index < -0.39 is 5.97 Å². The molecular formula is C17H23BrN2O4. The van der Waals surface area contributed by atoms with E-state index in [1.807, 2.05) is 41.1 Å². The largest absolute Gasteiger partial charge is 0.492 e. The van der Waals surface area contributed by atoms with Crippen LogP contribution in [-0.4, -0.2) is 66.1 Å². The first-order valence-corrected chi connectivity index (χ1v) is 8.84. The predicted octanol–water partition coefficient (Wildman–Crippen LogP) is 2.23. The van der Waals surface area contributed by atoms with Crippen molar-refractivity contribution in [1.29, 1.82) is 0 Å². The average molecular weight is 399 g/mol. The Morgan fingerprint density at radius 1 is 1.33 bits per heavy atom. The summed E-state index contributed by atoms with van der Waals surface area (Å²) in [5, 5.41) is 8.84. The number of piperidine rings is 1. The zero-order valence-electron chi connectivity index (χ0n) is 13.8. The number of likely N-dealkylation sites (N-methyl/N-ethyl adjacent to an activating group) is 1. The van der Waals surface area contributed by atoms with Gasteiger partial charge in [0.1, 0.15) is 5.75 Å². The Morgan fingerprint density at radius 2 is 2.00 bits per heavy atom. The van der Waals surface area contributed by atoms with Gasteiger partial charge in [-0.3, -0.25) is 14.5 Å². The van der Waals surface area contributed by atoms with Crippen LogP contribution in [0, 0.1) is 0 Å². The summed E-state index contributed by atoms with van der Waals surface area (Å²) in [6.45, 7) is 1.73. The third-order valence-electron chi connectivity index (χ3n) is 4.24. The number of nitrogens with zero attached hydrogens (tertiary/aromatic N) is 2. The molecule has 6 nitrogen and oxygen atoms in total. The highest BCUT2D eigenvalue weighted by Crippen LogP contribution is 2.24. The highest BCUT2D eigenvalue weighted by Gasteiger charge is 2.25. The molecule has 0 aliphatic carbocycles. The lowest BCUT2D eigenvalue weighted by molar-refractivity contribution is -0.139. The number of aliphatic carboxylic acids is 1. The van der Waals surface area contributed by atoms with E-state index in [9.17, 15) is 9.59 Å². The molecule has 1 aromatic carbocycles. The maximum Gasteiger partial charge on any atom is 0.317 e. The topological polar surface area (TPSA) is 70.1 Å². The molecule has 1 N–H and O–H groups in total. The fraction of sp³-hybridized carbons (Fsp3) is 0.529. The van der Waals surface area contributed by atoms with Gasteiger partial charge >= 0.3 is 5.97 Å². The van der Waals surface area contributed by atoms with Crippen LogP contribution < -0.4 is 4.74 Å². The molecule has 0 unspecified atom stereocenters. The lowest BCUT2D eigenvalue weighted by atomic mass is 10.0.